The smallest absolute Gasteiger partial charge is 0.164 e. The molecule has 0 amide bonds. The molecule has 0 spiro atoms. The Kier molecular flexibility index (Phi) is 7.78. The summed E-state index contributed by atoms with van der Waals surface area (Å²) in [6.45, 7) is 0. The van der Waals surface area contributed by atoms with Crippen molar-refractivity contribution >= 4 is 64.9 Å². The lowest BCUT2D eigenvalue weighted by molar-refractivity contribution is 1.07. The fourth-order valence-corrected chi connectivity index (χ4v) is 8.53. The van der Waals surface area contributed by atoms with Crippen LogP contribution >= 0.6 is 0 Å². The van der Waals surface area contributed by atoms with Gasteiger partial charge in [0.15, 0.2) is 17.5 Å². The van der Waals surface area contributed by atoms with Crippen LogP contribution in [0, 0.1) is 0 Å². The summed E-state index contributed by atoms with van der Waals surface area (Å²) in [5.74, 6) is 1.81. The molecule has 0 fully saturated rings. The first-order valence-corrected chi connectivity index (χ1v) is 20.1. The lowest BCUT2D eigenvalue weighted by atomic mass is 9.92. The first kappa shape index (κ1) is 33.9. The van der Waals surface area contributed by atoms with Gasteiger partial charge in [-0.25, -0.2) is 15.0 Å². The molecule has 0 saturated carbocycles. The van der Waals surface area contributed by atoms with Crippen molar-refractivity contribution in [1.29, 1.82) is 0 Å². The molecular formula is C55H33N5. The molecule has 0 radical (unpaired) electrons. The Hall–Kier alpha value is -8.15. The van der Waals surface area contributed by atoms with E-state index in [1.54, 1.807) is 12.4 Å². The zero-order valence-corrected chi connectivity index (χ0v) is 32.3. The van der Waals surface area contributed by atoms with Gasteiger partial charge in [-0.2, -0.15) is 0 Å². The second-order valence-corrected chi connectivity index (χ2v) is 15.5. The van der Waals surface area contributed by atoms with Gasteiger partial charge in [0.1, 0.15) is 0 Å². The third-order valence-corrected chi connectivity index (χ3v) is 11.6. The van der Waals surface area contributed by atoms with Gasteiger partial charge in [0.05, 0.1) is 11.0 Å². The highest BCUT2D eigenvalue weighted by Gasteiger charge is 2.16. The molecule has 278 valence electrons. The first-order chi connectivity index (χ1) is 29.6. The quantitative estimate of drug-likeness (QED) is 0.163. The van der Waals surface area contributed by atoms with Crippen LogP contribution in [-0.2, 0) is 0 Å². The molecule has 10 aromatic carbocycles. The lowest BCUT2D eigenvalue weighted by Crippen LogP contribution is -2.00. The summed E-state index contributed by atoms with van der Waals surface area (Å²) < 4.78 is 0. The van der Waals surface area contributed by atoms with E-state index in [9.17, 15) is 0 Å². The fraction of sp³-hybridized carbons (Fsp3) is 0. The van der Waals surface area contributed by atoms with Gasteiger partial charge in [-0.15, -0.1) is 0 Å². The third-order valence-electron chi connectivity index (χ3n) is 11.6. The predicted octanol–water partition coefficient (Wildman–Crippen LogP) is 13.9. The number of fused-ring (bicyclic) bond motifs is 6. The van der Waals surface area contributed by atoms with Crippen LogP contribution in [0.3, 0.4) is 0 Å². The summed E-state index contributed by atoms with van der Waals surface area (Å²) in [5, 5.41) is 11.8. The van der Waals surface area contributed by atoms with Gasteiger partial charge >= 0.3 is 0 Å². The summed E-state index contributed by atoms with van der Waals surface area (Å²) >= 11 is 0. The summed E-state index contributed by atoms with van der Waals surface area (Å²) in [5.41, 5.74) is 8.83. The van der Waals surface area contributed by atoms with E-state index in [0.717, 1.165) is 60.8 Å². The van der Waals surface area contributed by atoms with Crippen LogP contribution in [0.5, 0.6) is 0 Å². The van der Waals surface area contributed by atoms with Gasteiger partial charge in [0.2, 0.25) is 0 Å². The molecule has 0 atom stereocenters. The molecule has 5 nitrogen and oxygen atoms in total. The molecular weight excluding hydrogens is 731 g/mol. The number of hydrogen-bond acceptors (Lipinski definition) is 5. The molecule has 0 unspecified atom stereocenters. The highest BCUT2D eigenvalue weighted by Crippen LogP contribution is 2.37. The Morgan fingerprint density at radius 3 is 1.13 bits per heavy atom. The van der Waals surface area contributed by atoms with E-state index >= 15 is 0 Å². The van der Waals surface area contributed by atoms with E-state index in [-0.39, 0.29) is 0 Å². The summed E-state index contributed by atoms with van der Waals surface area (Å²) in [6.07, 6.45) is 3.45. The van der Waals surface area contributed by atoms with Crippen LogP contribution in [0.25, 0.3) is 121 Å². The molecule has 0 aliphatic carbocycles. The van der Waals surface area contributed by atoms with Crippen molar-refractivity contribution in [3.05, 3.63) is 200 Å². The third kappa shape index (κ3) is 6.08. The van der Waals surface area contributed by atoms with E-state index in [1.165, 1.54) is 43.1 Å². The van der Waals surface area contributed by atoms with Gasteiger partial charge in [-0.3, -0.25) is 9.97 Å². The minimum Gasteiger partial charge on any atom is -0.253 e. The zero-order valence-electron chi connectivity index (χ0n) is 32.3. The van der Waals surface area contributed by atoms with Crippen LogP contribution in [0.2, 0.25) is 0 Å². The molecule has 0 bridgehead atoms. The molecule has 0 aliphatic heterocycles. The largest absolute Gasteiger partial charge is 0.253 e. The van der Waals surface area contributed by atoms with Crippen molar-refractivity contribution in [3.8, 4) is 56.4 Å². The molecule has 0 N–H and O–H groups in total. The molecule has 0 aliphatic rings. The normalized spacial score (nSPS) is 11.7. The molecule has 0 saturated heterocycles. The molecule has 2 heterocycles. The molecule has 12 aromatic rings. The molecule has 5 heteroatoms. The second-order valence-electron chi connectivity index (χ2n) is 15.5. The summed E-state index contributed by atoms with van der Waals surface area (Å²) in [6, 6.07) is 67.1. The van der Waals surface area contributed by atoms with Crippen LogP contribution in [-0.4, -0.2) is 24.9 Å². The standard InChI is InChI=1S/C55H33N5/c1-2-8-34(9-3-1)53-58-54(44-19-18-43-32-51-52(33-49(43)28-44)57-21-20-56-51)60-55(59-53)50-30-47(41-16-14-39-22-35-10-4-6-12-37(35)24-45(39)26-41)29-48(31-50)42-17-15-40-23-36-11-5-7-13-38(36)25-46(40)27-42/h1-33H. The van der Waals surface area contributed by atoms with Crippen LogP contribution in [0.1, 0.15) is 0 Å². The first-order valence-electron chi connectivity index (χ1n) is 20.1. The van der Waals surface area contributed by atoms with Crippen molar-refractivity contribution in [2.45, 2.75) is 0 Å². The predicted molar refractivity (Wildman–Crippen MR) is 248 cm³/mol. The number of benzene rings is 10. The summed E-state index contributed by atoms with van der Waals surface area (Å²) in [4.78, 5) is 24.6. The monoisotopic (exact) mass is 763 g/mol. The lowest BCUT2D eigenvalue weighted by Gasteiger charge is -2.14. The molecule has 2 aromatic heterocycles. The maximum Gasteiger partial charge on any atom is 0.164 e. The maximum absolute atomic E-state index is 5.26. The highest BCUT2D eigenvalue weighted by molar-refractivity contribution is 6.02. The number of hydrogen-bond donors (Lipinski definition) is 0. The SMILES string of the molecule is c1ccc(-c2nc(-c3cc(-c4ccc5cc6ccccc6cc5c4)cc(-c4ccc5cc6ccccc6cc5c4)c3)nc(-c3ccc4cc5nccnc5cc4c3)n2)cc1. The average Bonchev–Trinajstić information content (AvgIpc) is 3.31. The van der Waals surface area contributed by atoms with E-state index in [1.807, 2.05) is 30.3 Å². The van der Waals surface area contributed by atoms with Crippen LogP contribution in [0.15, 0.2) is 200 Å². The average molecular weight is 764 g/mol. The van der Waals surface area contributed by atoms with E-state index < -0.39 is 0 Å². The van der Waals surface area contributed by atoms with E-state index in [2.05, 4.69) is 168 Å². The maximum atomic E-state index is 5.26. The van der Waals surface area contributed by atoms with Gasteiger partial charge in [0, 0.05) is 29.1 Å². The van der Waals surface area contributed by atoms with E-state index in [4.69, 9.17) is 15.0 Å². The topological polar surface area (TPSA) is 64.5 Å². The number of rotatable bonds is 5. The van der Waals surface area contributed by atoms with Crippen LogP contribution in [0.4, 0.5) is 0 Å². The Morgan fingerprint density at radius 2 is 0.583 bits per heavy atom. The van der Waals surface area contributed by atoms with Crippen molar-refractivity contribution in [2.24, 2.45) is 0 Å². The molecule has 12 rings (SSSR count). The van der Waals surface area contributed by atoms with Gasteiger partial charge < -0.3 is 0 Å². The Balaban J connectivity index is 1.07. The second kappa shape index (κ2) is 13.8. The zero-order chi connectivity index (χ0) is 39.6. The molecule has 60 heavy (non-hydrogen) atoms. The van der Waals surface area contributed by atoms with Gasteiger partial charge in [-0.05, 0) is 149 Å². The Labute approximate surface area is 345 Å². The summed E-state index contributed by atoms with van der Waals surface area (Å²) in [7, 11) is 0. The van der Waals surface area contributed by atoms with Crippen molar-refractivity contribution in [1.82, 2.24) is 24.9 Å². The Morgan fingerprint density at radius 1 is 0.217 bits per heavy atom. The minimum atomic E-state index is 0.599. The Bertz CT molecular complexity index is 3540. The van der Waals surface area contributed by atoms with Crippen molar-refractivity contribution in [3.63, 3.8) is 0 Å². The minimum absolute atomic E-state index is 0.599. The van der Waals surface area contributed by atoms with Gasteiger partial charge in [0.25, 0.3) is 0 Å². The van der Waals surface area contributed by atoms with Crippen molar-refractivity contribution in [2.75, 3.05) is 0 Å². The highest BCUT2D eigenvalue weighted by atomic mass is 15.0. The number of nitrogens with zero attached hydrogens (tertiary/aromatic N) is 5. The van der Waals surface area contributed by atoms with Gasteiger partial charge in [-0.1, -0.05) is 115 Å². The fourth-order valence-electron chi connectivity index (χ4n) is 8.53. The van der Waals surface area contributed by atoms with E-state index in [0.29, 0.717) is 17.5 Å². The van der Waals surface area contributed by atoms with Crippen LogP contribution < -0.4 is 0 Å². The number of aromatic nitrogens is 5. The van der Waals surface area contributed by atoms with Crippen molar-refractivity contribution < 1.29 is 0 Å².